The van der Waals surface area contributed by atoms with Gasteiger partial charge in [0.25, 0.3) is 0 Å². The molecule has 0 aliphatic heterocycles. The molecule has 0 aliphatic rings. The van der Waals surface area contributed by atoms with Crippen LogP contribution in [0.15, 0.2) is 54.6 Å². The molecule has 1 heterocycles. The Balaban J connectivity index is 1.91. The van der Waals surface area contributed by atoms with Crippen LogP contribution >= 0.6 is 8.19 Å². The third-order valence-electron chi connectivity index (χ3n) is 4.04. The minimum atomic E-state index is 0.551. The van der Waals surface area contributed by atoms with E-state index >= 15 is 0 Å². The molecule has 0 aliphatic carbocycles. The highest BCUT2D eigenvalue weighted by Gasteiger charge is 2.11. The molecule has 0 fully saturated rings. The van der Waals surface area contributed by atoms with Crippen LogP contribution in [0.2, 0.25) is 0 Å². The molecule has 1 atom stereocenters. The van der Waals surface area contributed by atoms with Crippen LogP contribution in [-0.2, 0) is 0 Å². The normalized spacial score (nSPS) is 11.4. The predicted molar refractivity (Wildman–Crippen MR) is 97.3 cm³/mol. The fourth-order valence-corrected chi connectivity index (χ4v) is 4.21. The fourth-order valence-electron chi connectivity index (χ4n) is 2.87. The van der Waals surface area contributed by atoms with Crippen LogP contribution in [-0.4, -0.2) is 19.2 Å². The second-order valence-electron chi connectivity index (χ2n) is 5.34. The van der Waals surface area contributed by atoms with E-state index in [0.29, 0.717) is 8.19 Å². The van der Waals surface area contributed by atoms with Crippen LogP contribution in [0.4, 0.5) is 0 Å². The van der Waals surface area contributed by atoms with Crippen LogP contribution in [0.1, 0.15) is 0 Å². The van der Waals surface area contributed by atoms with Crippen molar-refractivity contribution in [3.8, 4) is 22.5 Å². The summed E-state index contributed by atoms with van der Waals surface area (Å²) < 4.78 is 10.7. The van der Waals surface area contributed by atoms with E-state index in [2.05, 4.69) is 36.4 Å². The first-order valence-electron chi connectivity index (χ1n) is 7.40. The number of benzene rings is 3. The fraction of sp³-hybridized carbons (Fsp3) is 0.105. The lowest BCUT2D eigenvalue weighted by Crippen LogP contribution is -1.90. The third kappa shape index (κ3) is 2.34. The van der Waals surface area contributed by atoms with Crippen LogP contribution < -0.4 is 9.47 Å². The minimum Gasteiger partial charge on any atom is -0.493 e. The van der Waals surface area contributed by atoms with Crippen LogP contribution in [0, 0.1) is 0 Å². The Morgan fingerprint density at radius 3 is 2.52 bits per heavy atom. The third-order valence-corrected chi connectivity index (χ3v) is 5.45. The molecular weight excluding hydrogens is 305 g/mol. The average Bonchev–Trinajstić information content (AvgIpc) is 3.05. The van der Waals surface area contributed by atoms with Crippen molar-refractivity contribution in [3.63, 3.8) is 0 Å². The molecule has 0 N–H and O–H groups in total. The molecule has 3 aromatic carbocycles. The van der Waals surface area contributed by atoms with Gasteiger partial charge >= 0.3 is 0 Å². The lowest BCUT2D eigenvalue weighted by molar-refractivity contribution is 0.355. The van der Waals surface area contributed by atoms with Gasteiger partial charge in [0.15, 0.2) is 11.5 Å². The summed E-state index contributed by atoms with van der Waals surface area (Å²) >= 11 is 0. The second kappa shape index (κ2) is 5.60. The second-order valence-corrected chi connectivity index (χ2v) is 6.56. The molecule has 114 valence electrons. The van der Waals surface area contributed by atoms with Crippen LogP contribution in [0.25, 0.3) is 32.4 Å². The molecule has 0 radical (unpaired) electrons. The molecule has 3 nitrogen and oxygen atoms in total. The van der Waals surface area contributed by atoms with Crippen molar-refractivity contribution in [1.29, 1.82) is 0 Å². The average molecular weight is 321 g/mol. The van der Waals surface area contributed by atoms with Crippen molar-refractivity contribution in [2.45, 2.75) is 0 Å². The Labute approximate surface area is 136 Å². The maximum Gasteiger partial charge on any atom is 0.161 e. The van der Waals surface area contributed by atoms with Crippen molar-refractivity contribution in [2.75, 3.05) is 14.2 Å². The first kappa shape index (κ1) is 14.1. The van der Waals surface area contributed by atoms with Gasteiger partial charge in [0.1, 0.15) is 0 Å². The standard InChI is InChI=1S/C19H16NO2P/c1-21-16-10-8-13(11-17(16)22-2)19-20-15-9-7-12-5-3-4-6-14(12)18(15)23-19/h3-11,23H,1-2H3. The Bertz CT molecular complexity index is 1010. The van der Waals surface area contributed by atoms with Gasteiger partial charge in [-0.15, -0.1) is 8.19 Å². The van der Waals surface area contributed by atoms with E-state index in [1.165, 1.54) is 15.9 Å². The van der Waals surface area contributed by atoms with E-state index in [-0.39, 0.29) is 0 Å². The molecule has 0 spiro atoms. The number of ether oxygens (including phenoxy) is 2. The number of methoxy groups -OCH3 is 2. The quantitative estimate of drug-likeness (QED) is 0.526. The van der Waals surface area contributed by atoms with Gasteiger partial charge in [-0.1, -0.05) is 30.3 Å². The molecule has 4 aromatic rings. The number of nitrogens with zero attached hydrogens (tertiary/aromatic N) is 1. The first-order chi connectivity index (χ1) is 11.3. The summed E-state index contributed by atoms with van der Waals surface area (Å²) in [5.74, 6) is 1.47. The van der Waals surface area contributed by atoms with Gasteiger partial charge < -0.3 is 9.47 Å². The largest absolute Gasteiger partial charge is 0.493 e. The van der Waals surface area contributed by atoms with Gasteiger partial charge in [-0.25, -0.2) is 4.98 Å². The SMILES string of the molecule is COc1ccc(-c2nc3ccc4ccccc4c3[pH]2)cc1OC. The van der Waals surface area contributed by atoms with Crippen molar-refractivity contribution in [2.24, 2.45) is 0 Å². The molecule has 0 saturated heterocycles. The highest BCUT2D eigenvalue weighted by molar-refractivity contribution is 7.41. The number of hydrogen-bond acceptors (Lipinski definition) is 3. The molecule has 1 aromatic heterocycles. The van der Waals surface area contributed by atoms with Gasteiger partial charge in [0.05, 0.1) is 25.2 Å². The molecular formula is C19H16NO2P. The van der Waals surface area contributed by atoms with Gasteiger partial charge in [-0.05, 0) is 35.0 Å². The zero-order chi connectivity index (χ0) is 15.8. The maximum atomic E-state index is 5.41. The molecule has 0 bridgehead atoms. The van der Waals surface area contributed by atoms with E-state index in [1.807, 2.05) is 18.2 Å². The lowest BCUT2D eigenvalue weighted by atomic mass is 10.1. The number of fused-ring (bicyclic) bond motifs is 3. The zero-order valence-corrected chi connectivity index (χ0v) is 14.0. The summed E-state index contributed by atoms with van der Waals surface area (Å²) in [7, 11) is 3.85. The Morgan fingerprint density at radius 2 is 1.70 bits per heavy atom. The van der Waals surface area contributed by atoms with Crippen LogP contribution in [0.3, 0.4) is 0 Å². The van der Waals surface area contributed by atoms with Crippen LogP contribution in [0.5, 0.6) is 11.5 Å². The van der Waals surface area contributed by atoms with E-state index < -0.39 is 0 Å². The molecule has 1 unspecified atom stereocenters. The summed E-state index contributed by atoms with van der Waals surface area (Å²) in [5.41, 5.74) is 3.25. The van der Waals surface area contributed by atoms with Crippen molar-refractivity contribution in [3.05, 3.63) is 54.6 Å². The molecule has 4 rings (SSSR count). The Morgan fingerprint density at radius 1 is 0.870 bits per heavy atom. The number of rotatable bonds is 3. The van der Waals surface area contributed by atoms with Gasteiger partial charge in [0, 0.05) is 10.7 Å². The van der Waals surface area contributed by atoms with E-state index in [0.717, 1.165) is 28.0 Å². The van der Waals surface area contributed by atoms with Crippen molar-refractivity contribution < 1.29 is 9.47 Å². The van der Waals surface area contributed by atoms with E-state index in [9.17, 15) is 0 Å². The Kier molecular flexibility index (Phi) is 3.44. The monoisotopic (exact) mass is 321 g/mol. The van der Waals surface area contributed by atoms with Gasteiger partial charge in [0.2, 0.25) is 0 Å². The van der Waals surface area contributed by atoms with Gasteiger partial charge in [-0.2, -0.15) is 0 Å². The molecule has 23 heavy (non-hydrogen) atoms. The molecule has 0 amide bonds. The highest BCUT2D eigenvalue weighted by atomic mass is 31.0. The predicted octanol–water partition coefficient (Wildman–Crippen LogP) is 5.10. The number of aromatic nitrogens is 1. The van der Waals surface area contributed by atoms with Crippen molar-refractivity contribution >= 4 is 29.6 Å². The van der Waals surface area contributed by atoms with E-state index in [1.54, 1.807) is 14.2 Å². The maximum absolute atomic E-state index is 5.41. The molecule has 4 heteroatoms. The van der Waals surface area contributed by atoms with Crippen molar-refractivity contribution in [1.82, 2.24) is 4.98 Å². The topological polar surface area (TPSA) is 31.4 Å². The smallest absolute Gasteiger partial charge is 0.161 e. The summed E-state index contributed by atoms with van der Waals surface area (Å²) in [6.07, 6.45) is 0. The highest BCUT2D eigenvalue weighted by Crippen LogP contribution is 2.41. The summed E-state index contributed by atoms with van der Waals surface area (Å²) in [5, 5.41) is 3.89. The summed E-state index contributed by atoms with van der Waals surface area (Å²) in [4.78, 5) is 4.84. The van der Waals surface area contributed by atoms with E-state index in [4.69, 9.17) is 14.5 Å². The lowest BCUT2D eigenvalue weighted by Gasteiger charge is -2.08. The van der Waals surface area contributed by atoms with Gasteiger partial charge in [-0.3, -0.25) is 0 Å². The Hall–Kier alpha value is -2.51. The summed E-state index contributed by atoms with van der Waals surface area (Å²) in [6.45, 7) is 0. The first-order valence-corrected chi connectivity index (χ1v) is 8.40. The summed E-state index contributed by atoms with van der Waals surface area (Å²) in [6, 6.07) is 18.7. The number of hydrogen-bond donors (Lipinski definition) is 0. The minimum absolute atomic E-state index is 0.551. The molecule has 0 saturated carbocycles. The zero-order valence-electron chi connectivity index (χ0n) is 13.0.